The first kappa shape index (κ1) is 14.8. The number of methoxy groups -OCH3 is 1. The molecule has 3 aromatic rings. The Morgan fingerprint density at radius 2 is 1.82 bits per heavy atom. The van der Waals surface area contributed by atoms with E-state index in [4.69, 9.17) is 4.74 Å². The molecule has 112 valence electrons. The minimum atomic E-state index is 0.101. The van der Waals surface area contributed by atoms with Crippen LogP contribution in [0.4, 0.5) is 0 Å². The molecule has 0 aliphatic heterocycles. The van der Waals surface area contributed by atoms with Crippen LogP contribution >= 0.6 is 11.3 Å². The summed E-state index contributed by atoms with van der Waals surface area (Å²) in [6.07, 6.45) is 1.98. The molecule has 0 saturated carbocycles. The standard InChI is InChI=1S/C19H18O2S/c1-3-6-17-18(15-7-4-5-8-16(15)22-17)19(20)13-9-11-14(21-2)12-10-13/h4-5,7-12H,3,6H2,1-2H3. The Hall–Kier alpha value is -2.13. The van der Waals surface area contributed by atoms with E-state index in [1.165, 1.54) is 9.58 Å². The van der Waals surface area contributed by atoms with Crippen molar-refractivity contribution in [1.29, 1.82) is 0 Å². The number of carbonyl (C=O) groups excluding carboxylic acids is 1. The van der Waals surface area contributed by atoms with Crippen LogP contribution in [0.1, 0.15) is 34.1 Å². The summed E-state index contributed by atoms with van der Waals surface area (Å²) in [5, 5.41) is 1.07. The van der Waals surface area contributed by atoms with Crippen molar-refractivity contribution in [2.75, 3.05) is 7.11 Å². The Morgan fingerprint density at radius 1 is 1.09 bits per heavy atom. The SMILES string of the molecule is CCCc1sc2ccccc2c1C(=O)c1ccc(OC)cc1. The summed E-state index contributed by atoms with van der Waals surface area (Å²) >= 11 is 1.73. The second kappa shape index (κ2) is 6.32. The molecule has 0 aliphatic rings. The number of carbonyl (C=O) groups is 1. The molecule has 0 radical (unpaired) electrons. The lowest BCUT2D eigenvalue weighted by atomic mass is 9.99. The number of aryl methyl sites for hydroxylation is 1. The van der Waals surface area contributed by atoms with E-state index in [1.807, 2.05) is 42.5 Å². The van der Waals surface area contributed by atoms with Crippen LogP contribution in [0, 0.1) is 0 Å². The van der Waals surface area contributed by atoms with Gasteiger partial charge in [0.25, 0.3) is 0 Å². The molecule has 1 aromatic heterocycles. The summed E-state index contributed by atoms with van der Waals surface area (Å²) in [5.41, 5.74) is 1.58. The minimum Gasteiger partial charge on any atom is -0.497 e. The van der Waals surface area contributed by atoms with Gasteiger partial charge in [-0.05, 0) is 36.8 Å². The molecule has 3 heteroatoms. The molecular formula is C19H18O2S. The molecule has 0 N–H and O–H groups in total. The van der Waals surface area contributed by atoms with Crippen molar-refractivity contribution in [1.82, 2.24) is 0 Å². The largest absolute Gasteiger partial charge is 0.497 e. The zero-order chi connectivity index (χ0) is 15.5. The molecule has 2 aromatic carbocycles. The van der Waals surface area contributed by atoms with Crippen molar-refractivity contribution >= 4 is 27.2 Å². The average Bonchev–Trinajstić information content (AvgIpc) is 2.92. The van der Waals surface area contributed by atoms with Gasteiger partial charge in [-0.3, -0.25) is 4.79 Å². The van der Waals surface area contributed by atoms with Gasteiger partial charge in [-0.25, -0.2) is 0 Å². The van der Waals surface area contributed by atoms with Gasteiger partial charge >= 0.3 is 0 Å². The summed E-state index contributed by atoms with van der Waals surface area (Å²) in [6, 6.07) is 15.5. The lowest BCUT2D eigenvalue weighted by molar-refractivity contribution is 0.104. The highest BCUT2D eigenvalue weighted by molar-refractivity contribution is 7.19. The van der Waals surface area contributed by atoms with Crippen molar-refractivity contribution in [2.45, 2.75) is 19.8 Å². The van der Waals surface area contributed by atoms with Gasteiger partial charge in [0, 0.05) is 26.1 Å². The van der Waals surface area contributed by atoms with Crippen LogP contribution in [0.5, 0.6) is 5.75 Å². The van der Waals surface area contributed by atoms with Crippen LogP contribution in [0.3, 0.4) is 0 Å². The number of ketones is 1. The first-order valence-electron chi connectivity index (χ1n) is 7.43. The van der Waals surface area contributed by atoms with E-state index in [2.05, 4.69) is 13.0 Å². The van der Waals surface area contributed by atoms with E-state index in [1.54, 1.807) is 18.4 Å². The molecule has 0 spiro atoms. The summed E-state index contributed by atoms with van der Waals surface area (Å²) in [4.78, 5) is 14.2. The molecule has 3 rings (SSSR count). The summed E-state index contributed by atoms with van der Waals surface area (Å²) in [5.74, 6) is 0.865. The van der Waals surface area contributed by atoms with E-state index in [0.717, 1.165) is 29.5 Å². The molecule has 0 amide bonds. The van der Waals surface area contributed by atoms with Gasteiger partial charge in [0.2, 0.25) is 0 Å². The van der Waals surface area contributed by atoms with Crippen LogP contribution in [-0.2, 0) is 6.42 Å². The van der Waals surface area contributed by atoms with E-state index in [9.17, 15) is 4.79 Å². The van der Waals surface area contributed by atoms with Crippen molar-refractivity contribution in [2.24, 2.45) is 0 Å². The number of hydrogen-bond donors (Lipinski definition) is 0. The maximum Gasteiger partial charge on any atom is 0.194 e. The number of hydrogen-bond acceptors (Lipinski definition) is 3. The van der Waals surface area contributed by atoms with Crippen LogP contribution in [0.15, 0.2) is 48.5 Å². The highest BCUT2D eigenvalue weighted by Gasteiger charge is 2.19. The topological polar surface area (TPSA) is 26.3 Å². The smallest absolute Gasteiger partial charge is 0.194 e. The normalized spacial score (nSPS) is 10.8. The quantitative estimate of drug-likeness (QED) is 0.613. The van der Waals surface area contributed by atoms with E-state index >= 15 is 0 Å². The minimum absolute atomic E-state index is 0.101. The Bertz CT molecular complexity index is 800. The average molecular weight is 310 g/mol. The van der Waals surface area contributed by atoms with E-state index in [-0.39, 0.29) is 5.78 Å². The third-order valence-corrected chi connectivity index (χ3v) is 4.96. The first-order valence-corrected chi connectivity index (χ1v) is 8.25. The molecular weight excluding hydrogens is 292 g/mol. The monoisotopic (exact) mass is 310 g/mol. The molecule has 22 heavy (non-hydrogen) atoms. The fraction of sp³-hybridized carbons (Fsp3) is 0.211. The highest BCUT2D eigenvalue weighted by atomic mass is 32.1. The van der Waals surface area contributed by atoms with Gasteiger partial charge < -0.3 is 4.74 Å². The fourth-order valence-electron chi connectivity index (χ4n) is 2.63. The first-order chi connectivity index (χ1) is 10.7. The molecule has 2 nitrogen and oxygen atoms in total. The van der Waals surface area contributed by atoms with Gasteiger partial charge in [0.1, 0.15) is 5.75 Å². The second-order valence-corrected chi connectivity index (χ2v) is 6.34. The van der Waals surface area contributed by atoms with Crippen molar-refractivity contribution in [3.63, 3.8) is 0 Å². The number of fused-ring (bicyclic) bond motifs is 1. The molecule has 0 bridgehead atoms. The maximum absolute atomic E-state index is 13.0. The second-order valence-electron chi connectivity index (χ2n) is 5.20. The van der Waals surface area contributed by atoms with Crippen molar-refractivity contribution in [3.8, 4) is 5.75 Å². The Balaban J connectivity index is 2.10. The van der Waals surface area contributed by atoms with E-state index in [0.29, 0.717) is 5.56 Å². The third-order valence-electron chi connectivity index (χ3n) is 3.72. The molecule has 0 fully saturated rings. The molecule has 0 atom stereocenters. The van der Waals surface area contributed by atoms with E-state index < -0.39 is 0 Å². The van der Waals surface area contributed by atoms with Crippen LogP contribution in [-0.4, -0.2) is 12.9 Å². The predicted molar refractivity (Wildman–Crippen MR) is 92.2 cm³/mol. The summed E-state index contributed by atoms with van der Waals surface area (Å²) in [7, 11) is 1.63. The number of thiophene rings is 1. The molecule has 1 heterocycles. The lowest BCUT2D eigenvalue weighted by Crippen LogP contribution is -2.03. The zero-order valence-corrected chi connectivity index (χ0v) is 13.6. The summed E-state index contributed by atoms with van der Waals surface area (Å²) in [6.45, 7) is 2.14. The van der Waals surface area contributed by atoms with Crippen LogP contribution in [0.25, 0.3) is 10.1 Å². The third kappa shape index (κ3) is 2.64. The van der Waals surface area contributed by atoms with Crippen LogP contribution in [0.2, 0.25) is 0 Å². The number of ether oxygens (including phenoxy) is 1. The summed E-state index contributed by atoms with van der Waals surface area (Å²) < 4.78 is 6.35. The highest BCUT2D eigenvalue weighted by Crippen LogP contribution is 2.34. The van der Waals surface area contributed by atoms with Crippen molar-refractivity contribution in [3.05, 3.63) is 64.5 Å². The van der Waals surface area contributed by atoms with Gasteiger partial charge in [0.05, 0.1) is 7.11 Å². The fourth-order valence-corrected chi connectivity index (χ4v) is 3.94. The van der Waals surface area contributed by atoms with Gasteiger partial charge in [-0.1, -0.05) is 31.5 Å². The molecule has 0 saturated heterocycles. The van der Waals surface area contributed by atoms with Crippen molar-refractivity contribution < 1.29 is 9.53 Å². The Labute approximate surface area is 134 Å². The molecule has 0 unspecified atom stereocenters. The maximum atomic E-state index is 13.0. The van der Waals surface area contributed by atoms with Gasteiger partial charge in [0.15, 0.2) is 5.78 Å². The number of benzene rings is 2. The van der Waals surface area contributed by atoms with Gasteiger partial charge in [-0.2, -0.15) is 0 Å². The number of rotatable bonds is 5. The van der Waals surface area contributed by atoms with Crippen LogP contribution < -0.4 is 4.74 Å². The molecule has 0 aliphatic carbocycles. The van der Waals surface area contributed by atoms with Gasteiger partial charge in [-0.15, -0.1) is 11.3 Å². The zero-order valence-electron chi connectivity index (χ0n) is 12.8. The Morgan fingerprint density at radius 3 is 2.50 bits per heavy atom. The lowest BCUT2D eigenvalue weighted by Gasteiger charge is -2.05. The predicted octanol–water partition coefficient (Wildman–Crippen LogP) is 5.09. The Kier molecular flexibility index (Phi) is 4.25.